The Bertz CT molecular complexity index is 631. The molecule has 0 aromatic heterocycles. The van der Waals surface area contributed by atoms with E-state index in [1.807, 2.05) is 35.2 Å². The second-order valence-corrected chi connectivity index (χ2v) is 8.73. The standard InChI is InChI=1S/C19H30N2O3S/c1-2-3-12-19(22)20-13-8-14-21(16-15-20)25(23,24)17-7-11-18-9-5-4-6-10-18/h4-6,9-10H,2-3,7-8,11-17H2,1H3. The summed E-state index contributed by atoms with van der Waals surface area (Å²) in [6, 6.07) is 9.97. The predicted molar refractivity (Wildman–Crippen MR) is 101 cm³/mol. The van der Waals surface area contributed by atoms with Crippen molar-refractivity contribution in [2.45, 2.75) is 45.4 Å². The number of hydrogen-bond donors (Lipinski definition) is 0. The summed E-state index contributed by atoms with van der Waals surface area (Å²) in [6.45, 7) is 4.19. The first-order valence-corrected chi connectivity index (χ1v) is 10.9. The fourth-order valence-corrected chi connectivity index (χ4v) is 4.67. The number of amides is 1. The Morgan fingerprint density at radius 3 is 2.52 bits per heavy atom. The molecule has 1 heterocycles. The molecule has 1 aromatic rings. The van der Waals surface area contributed by atoms with Crippen LogP contribution in [0.5, 0.6) is 0 Å². The van der Waals surface area contributed by atoms with E-state index in [1.54, 1.807) is 4.31 Å². The van der Waals surface area contributed by atoms with Crippen molar-refractivity contribution in [2.24, 2.45) is 0 Å². The van der Waals surface area contributed by atoms with Gasteiger partial charge < -0.3 is 4.90 Å². The Kier molecular flexibility index (Phi) is 7.90. The largest absolute Gasteiger partial charge is 0.341 e. The minimum absolute atomic E-state index is 0.158. The maximum Gasteiger partial charge on any atom is 0.222 e. The van der Waals surface area contributed by atoms with E-state index in [-0.39, 0.29) is 11.7 Å². The number of unbranched alkanes of at least 4 members (excludes halogenated alkanes) is 1. The molecule has 0 N–H and O–H groups in total. The molecule has 0 unspecified atom stereocenters. The van der Waals surface area contributed by atoms with Crippen LogP contribution in [0.3, 0.4) is 0 Å². The van der Waals surface area contributed by atoms with E-state index in [0.29, 0.717) is 39.0 Å². The fraction of sp³-hybridized carbons (Fsp3) is 0.632. The monoisotopic (exact) mass is 366 g/mol. The average Bonchev–Trinajstić information content (AvgIpc) is 2.87. The van der Waals surface area contributed by atoms with Crippen LogP contribution in [0.15, 0.2) is 30.3 Å². The van der Waals surface area contributed by atoms with Crippen molar-refractivity contribution < 1.29 is 13.2 Å². The molecule has 140 valence electrons. The summed E-state index contributed by atoms with van der Waals surface area (Å²) in [5.74, 6) is 0.330. The zero-order chi connectivity index (χ0) is 18.1. The van der Waals surface area contributed by atoms with Gasteiger partial charge in [0.25, 0.3) is 0 Å². The number of rotatable bonds is 8. The summed E-state index contributed by atoms with van der Waals surface area (Å²) in [6.07, 6.45) is 4.59. The molecule has 0 spiro atoms. The van der Waals surface area contributed by atoms with E-state index < -0.39 is 10.0 Å². The Balaban J connectivity index is 1.82. The molecule has 1 aromatic carbocycles. The van der Waals surface area contributed by atoms with Gasteiger partial charge in [0.1, 0.15) is 0 Å². The second-order valence-electron chi connectivity index (χ2n) is 6.64. The van der Waals surface area contributed by atoms with E-state index in [9.17, 15) is 13.2 Å². The van der Waals surface area contributed by atoms with Crippen LogP contribution in [0, 0.1) is 0 Å². The topological polar surface area (TPSA) is 57.7 Å². The molecule has 1 amide bonds. The van der Waals surface area contributed by atoms with Gasteiger partial charge in [0, 0.05) is 32.6 Å². The number of sulfonamides is 1. The van der Waals surface area contributed by atoms with Gasteiger partial charge in [-0.15, -0.1) is 0 Å². The Morgan fingerprint density at radius 2 is 1.80 bits per heavy atom. The predicted octanol–water partition coefficient (Wildman–Crippen LogP) is 2.67. The SMILES string of the molecule is CCCCC(=O)N1CCCN(S(=O)(=O)CCCc2ccccc2)CC1. The van der Waals surface area contributed by atoms with Gasteiger partial charge >= 0.3 is 0 Å². The van der Waals surface area contributed by atoms with E-state index >= 15 is 0 Å². The summed E-state index contributed by atoms with van der Waals surface area (Å²) >= 11 is 0. The van der Waals surface area contributed by atoms with Crippen molar-refractivity contribution in [2.75, 3.05) is 31.9 Å². The Morgan fingerprint density at radius 1 is 1.04 bits per heavy atom. The summed E-state index contributed by atoms with van der Waals surface area (Å²) < 4.78 is 26.8. The smallest absolute Gasteiger partial charge is 0.222 e. The minimum atomic E-state index is -3.25. The molecular formula is C19H30N2O3S. The molecule has 0 bridgehead atoms. The van der Waals surface area contributed by atoms with Gasteiger partial charge in [0.15, 0.2) is 0 Å². The van der Waals surface area contributed by atoms with Gasteiger partial charge in [0.05, 0.1) is 5.75 Å². The molecule has 1 aliphatic heterocycles. The van der Waals surface area contributed by atoms with Gasteiger partial charge in [-0.2, -0.15) is 0 Å². The average molecular weight is 367 g/mol. The first kappa shape index (κ1) is 19.9. The quantitative estimate of drug-likeness (QED) is 0.711. The molecule has 5 nitrogen and oxygen atoms in total. The van der Waals surface area contributed by atoms with E-state index in [4.69, 9.17) is 0 Å². The summed E-state index contributed by atoms with van der Waals surface area (Å²) in [7, 11) is -3.25. The van der Waals surface area contributed by atoms with Gasteiger partial charge in [-0.1, -0.05) is 43.7 Å². The van der Waals surface area contributed by atoms with Crippen LogP contribution in [-0.4, -0.2) is 55.5 Å². The first-order chi connectivity index (χ1) is 12.0. The van der Waals surface area contributed by atoms with Crippen molar-refractivity contribution in [3.8, 4) is 0 Å². The van der Waals surface area contributed by atoms with Crippen LogP contribution in [0.1, 0.15) is 44.6 Å². The van der Waals surface area contributed by atoms with Crippen molar-refractivity contribution in [1.29, 1.82) is 0 Å². The van der Waals surface area contributed by atoms with Crippen molar-refractivity contribution in [3.63, 3.8) is 0 Å². The third-order valence-electron chi connectivity index (χ3n) is 4.66. The van der Waals surface area contributed by atoms with Crippen LogP contribution < -0.4 is 0 Å². The number of aryl methyl sites for hydroxylation is 1. The molecule has 1 saturated heterocycles. The lowest BCUT2D eigenvalue weighted by Gasteiger charge is -2.22. The summed E-state index contributed by atoms with van der Waals surface area (Å²) in [4.78, 5) is 14.0. The van der Waals surface area contributed by atoms with Gasteiger partial charge in [0.2, 0.25) is 15.9 Å². The first-order valence-electron chi connectivity index (χ1n) is 9.32. The third kappa shape index (κ3) is 6.44. The van der Waals surface area contributed by atoms with Crippen molar-refractivity contribution >= 4 is 15.9 Å². The van der Waals surface area contributed by atoms with Crippen LogP contribution in [0.25, 0.3) is 0 Å². The van der Waals surface area contributed by atoms with Gasteiger partial charge in [-0.25, -0.2) is 12.7 Å². The molecule has 0 radical (unpaired) electrons. The highest BCUT2D eigenvalue weighted by Gasteiger charge is 2.26. The molecule has 0 aliphatic carbocycles. The van der Waals surface area contributed by atoms with E-state index in [2.05, 4.69) is 6.92 Å². The lowest BCUT2D eigenvalue weighted by molar-refractivity contribution is -0.131. The maximum absolute atomic E-state index is 12.6. The number of hydrogen-bond acceptors (Lipinski definition) is 3. The number of carbonyl (C=O) groups is 1. The molecule has 6 heteroatoms. The van der Waals surface area contributed by atoms with E-state index in [0.717, 1.165) is 25.7 Å². The molecule has 1 fully saturated rings. The van der Waals surface area contributed by atoms with Crippen molar-refractivity contribution in [3.05, 3.63) is 35.9 Å². The zero-order valence-corrected chi connectivity index (χ0v) is 16.0. The number of nitrogens with zero attached hydrogens (tertiary/aromatic N) is 2. The highest BCUT2D eigenvalue weighted by molar-refractivity contribution is 7.89. The normalized spacial score (nSPS) is 16.6. The molecular weight excluding hydrogens is 336 g/mol. The Labute approximate surface area is 152 Å². The molecule has 0 saturated carbocycles. The number of carbonyl (C=O) groups excluding carboxylic acids is 1. The molecule has 2 rings (SSSR count). The van der Waals surface area contributed by atoms with Crippen LogP contribution in [-0.2, 0) is 21.2 Å². The molecule has 1 aliphatic rings. The van der Waals surface area contributed by atoms with Gasteiger partial charge in [-0.3, -0.25) is 4.79 Å². The molecule has 25 heavy (non-hydrogen) atoms. The summed E-state index contributed by atoms with van der Waals surface area (Å²) in [5.41, 5.74) is 1.17. The third-order valence-corrected chi connectivity index (χ3v) is 6.61. The van der Waals surface area contributed by atoms with Crippen LogP contribution in [0.4, 0.5) is 0 Å². The fourth-order valence-electron chi connectivity index (χ4n) is 3.14. The lowest BCUT2D eigenvalue weighted by Crippen LogP contribution is -2.38. The van der Waals surface area contributed by atoms with Gasteiger partial charge in [-0.05, 0) is 31.2 Å². The van der Waals surface area contributed by atoms with Crippen molar-refractivity contribution in [1.82, 2.24) is 9.21 Å². The lowest BCUT2D eigenvalue weighted by atomic mass is 10.1. The highest BCUT2D eigenvalue weighted by Crippen LogP contribution is 2.13. The van der Waals surface area contributed by atoms with Crippen LogP contribution >= 0.6 is 0 Å². The maximum atomic E-state index is 12.6. The minimum Gasteiger partial charge on any atom is -0.341 e. The highest BCUT2D eigenvalue weighted by atomic mass is 32.2. The number of benzene rings is 1. The second kappa shape index (κ2) is 9.92. The zero-order valence-electron chi connectivity index (χ0n) is 15.2. The molecule has 0 atom stereocenters. The Hall–Kier alpha value is -1.40. The summed E-state index contributed by atoms with van der Waals surface area (Å²) in [5, 5.41) is 0. The van der Waals surface area contributed by atoms with Crippen LogP contribution in [0.2, 0.25) is 0 Å². The van der Waals surface area contributed by atoms with E-state index in [1.165, 1.54) is 5.56 Å².